The van der Waals surface area contributed by atoms with Gasteiger partial charge in [0.2, 0.25) is 0 Å². The highest BCUT2D eigenvalue weighted by Crippen LogP contribution is 2.55. The van der Waals surface area contributed by atoms with Gasteiger partial charge < -0.3 is 0 Å². The molecular formula is C16H29P. The summed E-state index contributed by atoms with van der Waals surface area (Å²) in [6.07, 6.45) is 0. The summed E-state index contributed by atoms with van der Waals surface area (Å²) in [5.41, 5.74) is 2.12. The van der Waals surface area contributed by atoms with Crippen molar-refractivity contribution < 1.29 is 0 Å². The normalized spacial score (nSPS) is 15.2. The second-order valence-electron chi connectivity index (χ2n) is 8.12. The lowest BCUT2D eigenvalue weighted by Gasteiger charge is -2.32. The fourth-order valence-electron chi connectivity index (χ4n) is 2.36. The molecule has 0 aliphatic heterocycles. The van der Waals surface area contributed by atoms with Gasteiger partial charge in [0.05, 0.1) is 0 Å². The Balaban J connectivity index is 3.53. The van der Waals surface area contributed by atoms with Crippen molar-refractivity contribution >= 4 is 7.53 Å². The van der Waals surface area contributed by atoms with E-state index in [-0.39, 0.29) is 18.4 Å². The van der Waals surface area contributed by atoms with Crippen molar-refractivity contribution in [3.8, 4) is 0 Å². The molecule has 1 aromatic rings. The summed E-state index contributed by atoms with van der Waals surface area (Å²) in [6, 6.07) is 2.40. The molecule has 98 valence electrons. The monoisotopic (exact) mass is 252 g/mol. The van der Waals surface area contributed by atoms with Crippen LogP contribution in [-0.4, -0.2) is 0 Å². The molecule has 0 aliphatic rings. The maximum absolute atomic E-state index is 2.48. The molecule has 1 rings (SSSR count). The van der Waals surface area contributed by atoms with E-state index in [1.807, 2.05) is 0 Å². The van der Waals surface area contributed by atoms with E-state index in [0.29, 0.717) is 5.16 Å². The molecule has 0 N–H and O–H groups in total. The van der Waals surface area contributed by atoms with Gasteiger partial charge in [-0.3, -0.25) is 0 Å². The van der Waals surface area contributed by atoms with Gasteiger partial charge >= 0.3 is 0 Å². The highest BCUT2D eigenvalue weighted by atomic mass is 31.1. The molecule has 1 heteroatoms. The lowest BCUT2D eigenvalue weighted by atomic mass is 9.81. The summed E-state index contributed by atoms with van der Waals surface area (Å²) >= 11 is 0. The van der Waals surface area contributed by atoms with E-state index in [0.717, 1.165) is 0 Å². The molecule has 0 aliphatic carbocycles. The third-order valence-corrected chi connectivity index (χ3v) is 6.41. The number of hydrogen-bond donors (Lipinski definition) is 0. The van der Waals surface area contributed by atoms with Gasteiger partial charge in [-0.25, -0.2) is 0 Å². The van der Waals surface area contributed by atoms with Crippen molar-refractivity contribution in [2.75, 3.05) is 0 Å². The summed E-state index contributed by atoms with van der Waals surface area (Å²) in [6.45, 7) is 21.2. The van der Waals surface area contributed by atoms with Crippen LogP contribution in [-0.2, 0) is 16.0 Å². The van der Waals surface area contributed by atoms with E-state index in [4.69, 9.17) is 0 Å². The second-order valence-corrected chi connectivity index (χ2v) is 10.9. The van der Waals surface area contributed by atoms with Crippen molar-refractivity contribution in [1.82, 2.24) is 0 Å². The molecule has 0 spiro atoms. The van der Waals surface area contributed by atoms with Crippen molar-refractivity contribution in [2.45, 2.75) is 78.3 Å². The lowest BCUT2D eigenvalue weighted by molar-refractivity contribution is 0.539. The van der Waals surface area contributed by atoms with Crippen molar-refractivity contribution in [3.05, 3.63) is 22.7 Å². The minimum Gasteiger partial charge on any atom is -0.115 e. The average molecular weight is 252 g/mol. The molecule has 0 saturated carbocycles. The maximum atomic E-state index is 2.48. The Morgan fingerprint density at radius 3 is 1.53 bits per heavy atom. The molecule has 1 heterocycles. The fourth-order valence-corrected chi connectivity index (χ4v) is 5.32. The molecule has 0 bridgehead atoms. The highest BCUT2D eigenvalue weighted by Gasteiger charge is 2.31. The topological polar surface area (TPSA) is 0 Å². The van der Waals surface area contributed by atoms with Gasteiger partial charge in [-0.2, -0.15) is 0 Å². The van der Waals surface area contributed by atoms with Crippen LogP contribution >= 0.6 is 7.53 Å². The fraction of sp³-hybridized carbons (Fsp3) is 0.750. The van der Waals surface area contributed by atoms with Crippen LogP contribution in [0.25, 0.3) is 0 Å². The zero-order chi connectivity index (χ0) is 13.6. The number of rotatable bonds is 0. The van der Waals surface area contributed by atoms with E-state index < -0.39 is 0 Å². The van der Waals surface area contributed by atoms with E-state index >= 15 is 0 Å². The largest absolute Gasteiger partial charge is 0.115 e. The first-order chi connectivity index (χ1) is 7.35. The van der Waals surface area contributed by atoms with Crippen LogP contribution < -0.4 is 0 Å². The zero-order valence-electron chi connectivity index (χ0n) is 13.1. The Hall–Kier alpha value is -0.220. The Morgan fingerprint density at radius 1 is 0.765 bits per heavy atom. The molecule has 1 atom stereocenters. The van der Waals surface area contributed by atoms with Gasteiger partial charge in [0.1, 0.15) is 0 Å². The molecule has 0 aromatic carbocycles. The van der Waals surface area contributed by atoms with E-state index in [9.17, 15) is 0 Å². The van der Waals surface area contributed by atoms with Crippen molar-refractivity contribution in [3.63, 3.8) is 0 Å². The molecule has 1 unspecified atom stereocenters. The SMILES string of the molecule is CC(C)(C)c1ccp(C(C)(C)C)c1C(C)(C)C. The van der Waals surface area contributed by atoms with Gasteiger partial charge in [0, 0.05) is 5.16 Å². The number of hydrogen-bond acceptors (Lipinski definition) is 0. The Morgan fingerprint density at radius 2 is 1.24 bits per heavy atom. The third-order valence-electron chi connectivity index (χ3n) is 3.13. The summed E-state index contributed by atoms with van der Waals surface area (Å²) in [4.78, 5) is 0. The molecular weight excluding hydrogens is 223 g/mol. The van der Waals surface area contributed by atoms with E-state index in [1.54, 1.807) is 10.9 Å². The van der Waals surface area contributed by atoms with Gasteiger partial charge in [0.25, 0.3) is 0 Å². The van der Waals surface area contributed by atoms with Gasteiger partial charge in [-0.05, 0) is 27.5 Å². The summed E-state index contributed by atoms with van der Waals surface area (Å²) in [5.74, 6) is 2.48. The molecule has 0 radical (unpaired) electrons. The Bertz CT molecular complexity index is 357. The van der Waals surface area contributed by atoms with Crippen LogP contribution in [0.3, 0.4) is 0 Å². The zero-order valence-corrected chi connectivity index (χ0v) is 14.0. The van der Waals surface area contributed by atoms with Crippen molar-refractivity contribution in [2.24, 2.45) is 0 Å². The predicted molar refractivity (Wildman–Crippen MR) is 81.5 cm³/mol. The van der Waals surface area contributed by atoms with Crippen LogP contribution in [0.15, 0.2) is 11.9 Å². The van der Waals surface area contributed by atoms with Crippen LogP contribution in [0.2, 0.25) is 0 Å². The highest BCUT2D eigenvalue weighted by molar-refractivity contribution is 7.51. The van der Waals surface area contributed by atoms with Crippen molar-refractivity contribution in [1.29, 1.82) is 0 Å². The standard InChI is InChI=1S/C16H29P/c1-14(2,3)12-10-11-17(16(7,8)9)13(12)15(4,5)6/h10-11H,1-9H3. The smallest absolute Gasteiger partial charge is 0.000556 e. The van der Waals surface area contributed by atoms with Gasteiger partial charge in [-0.1, -0.05) is 68.4 Å². The van der Waals surface area contributed by atoms with Crippen LogP contribution in [0.5, 0.6) is 0 Å². The predicted octanol–water partition coefficient (Wildman–Crippen LogP) is 6.02. The minimum atomic E-state index is -0.142. The first-order valence-corrected chi connectivity index (χ1v) is 7.99. The summed E-state index contributed by atoms with van der Waals surface area (Å²) < 4.78 is 0. The first-order valence-electron chi connectivity index (χ1n) is 6.58. The first kappa shape index (κ1) is 14.8. The summed E-state index contributed by atoms with van der Waals surface area (Å²) in [5, 5.41) is 2.08. The van der Waals surface area contributed by atoms with E-state index in [2.05, 4.69) is 74.2 Å². The molecule has 0 fully saturated rings. The van der Waals surface area contributed by atoms with Crippen LogP contribution in [0.4, 0.5) is 0 Å². The summed E-state index contributed by atoms with van der Waals surface area (Å²) in [7, 11) is -0.142. The average Bonchev–Trinajstić information content (AvgIpc) is 2.42. The third kappa shape index (κ3) is 3.16. The van der Waals surface area contributed by atoms with E-state index in [1.165, 1.54) is 0 Å². The van der Waals surface area contributed by atoms with Gasteiger partial charge in [-0.15, -0.1) is 7.53 Å². The molecule has 0 nitrogen and oxygen atoms in total. The Labute approximate surface area is 109 Å². The van der Waals surface area contributed by atoms with Crippen LogP contribution in [0, 0.1) is 0 Å². The molecule has 1 aromatic heterocycles. The second kappa shape index (κ2) is 4.16. The molecule has 17 heavy (non-hydrogen) atoms. The lowest BCUT2D eigenvalue weighted by Crippen LogP contribution is -2.20. The van der Waals surface area contributed by atoms with Gasteiger partial charge in [0.15, 0.2) is 0 Å². The minimum absolute atomic E-state index is 0.142. The maximum Gasteiger partial charge on any atom is 0.000556 e. The van der Waals surface area contributed by atoms with Crippen LogP contribution in [0.1, 0.15) is 73.2 Å². The Kier molecular flexibility index (Phi) is 3.63. The molecule has 0 amide bonds. The quantitative estimate of drug-likeness (QED) is 0.529. The molecule has 0 saturated heterocycles.